The van der Waals surface area contributed by atoms with Gasteiger partial charge in [0.2, 0.25) is 0 Å². The van der Waals surface area contributed by atoms with Crippen LogP contribution in [0.3, 0.4) is 0 Å². The lowest BCUT2D eigenvalue weighted by atomic mass is 9.82. The molecule has 0 aliphatic heterocycles. The summed E-state index contributed by atoms with van der Waals surface area (Å²) in [7, 11) is 0. The molecule has 7 aromatic carbocycles. The Kier molecular flexibility index (Phi) is 5.63. The van der Waals surface area contributed by atoms with Crippen molar-refractivity contribution >= 4 is 59.3 Å². The number of hydrogen-bond acceptors (Lipinski definition) is 2. The lowest BCUT2D eigenvalue weighted by molar-refractivity contribution is 0.660. The normalized spacial score (nSPS) is 15.0. The first kappa shape index (κ1) is 27.9. The summed E-state index contributed by atoms with van der Waals surface area (Å²) in [6, 6.07) is 52.5. The van der Waals surface area contributed by atoms with E-state index in [0.29, 0.717) is 0 Å². The molecule has 0 saturated carbocycles. The molecule has 0 radical (unpaired) electrons. The number of nitrogens with zero attached hydrogens (tertiary/aromatic N) is 1. The molecule has 1 nitrogen and oxygen atoms in total. The summed E-state index contributed by atoms with van der Waals surface area (Å²) in [5, 5.41) is 5.27. The summed E-state index contributed by atoms with van der Waals surface area (Å²) in [6.07, 6.45) is 0. The summed E-state index contributed by atoms with van der Waals surface area (Å²) >= 11 is 1.89. The fraction of sp³-hybridized carbons (Fsp3) is 0.130. The van der Waals surface area contributed by atoms with Gasteiger partial charge in [-0.25, -0.2) is 0 Å². The molecule has 10 rings (SSSR count). The average molecular weight is 634 g/mol. The van der Waals surface area contributed by atoms with Gasteiger partial charge in [0.05, 0.1) is 0 Å². The van der Waals surface area contributed by atoms with E-state index < -0.39 is 0 Å². The lowest BCUT2D eigenvalue weighted by Crippen LogP contribution is -2.18. The highest BCUT2D eigenvalue weighted by atomic mass is 32.1. The van der Waals surface area contributed by atoms with Gasteiger partial charge in [0.25, 0.3) is 0 Å². The summed E-state index contributed by atoms with van der Waals surface area (Å²) in [5.41, 5.74) is 14.3. The van der Waals surface area contributed by atoms with E-state index in [1.165, 1.54) is 92.5 Å². The van der Waals surface area contributed by atoms with E-state index in [0.717, 1.165) is 0 Å². The number of thiophene rings is 1. The largest absolute Gasteiger partial charge is 0.310 e. The number of fused-ring (bicyclic) bond motifs is 11. The molecular formula is C46H35NS. The Morgan fingerprint density at radius 2 is 0.917 bits per heavy atom. The predicted molar refractivity (Wildman–Crippen MR) is 207 cm³/mol. The van der Waals surface area contributed by atoms with Crippen molar-refractivity contribution in [2.75, 3.05) is 4.90 Å². The molecular weight excluding hydrogens is 599 g/mol. The lowest BCUT2D eigenvalue weighted by Gasteiger charge is -2.30. The highest BCUT2D eigenvalue weighted by Gasteiger charge is 2.37. The van der Waals surface area contributed by atoms with Crippen LogP contribution in [0.15, 0.2) is 140 Å². The summed E-state index contributed by atoms with van der Waals surface area (Å²) in [6.45, 7) is 9.48. The number of benzene rings is 7. The third kappa shape index (κ3) is 3.72. The van der Waals surface area contributed by atoms with E-state index in [1.54, 1.807) is 0 Å². The van der Waals surface area contributed by atoms with Crippen molar-refractivity contribution in [3.05, 3.63) is 162 Å². The second-order valence-corrected chi connectivity index (χ2v) is 15.7. The Morgan fingerprint density at radius 3 is 1.56 bits per heavy atom. The number of hydrogen-bond donors (Lipinski definition) is 0. The molecule has 8 aromatic rings. The molecule has 230 valence electrons. The summed E-state index contributed by atoms with van der Waals surface area (Å²) < 4.78 is 2.66. The van der Waals surface area contributed by atoms with Crippen LogP contribution in [-0.2, 0) is 10.8 Å². The van der Waals surface area contributed by atoms with Gasteiger partial charge in [-0.2, -0.15) is 0 Å². The third-order valence-electron chi connectivity index (χ3n) is 11.3. The monoisotopic (exact) mass is 633 g/mol. The molecule has 0 atom stereocenters. The van der Waals surface area contributed by atoms with Crippen LogP contribution in [0.1, 0.15) is 49.9 Å². The van der Waals surface area contributed by atoms with Crippen molar-refractivity contribution in [3.8, 4) is 22.3 Å². The Labute approximate surface area is 285 Å². The molecule has 0 fully saturated rings. The van der Waals surface area contributed by atoms with Gasteiger partial charge >= 0.3 is 0 Å². The maximum atomic E-state index is 2.49. The molecule has 48 heavy (non-hydrogen) atoms. The first-order chi connectivity index (χ1) is 23.3. The zero-order valence-corrected chi connectivity index (χ0v) is 28.5. The zero-order valence-electron chi connectivity index (χ0n) is 27.6. The molecule has 0 saturated heterocycles. The summed E-state index contributed by atoms with van der Waals surface area (Å²) in [5.74, 6) is 0. The van der Waals surface area contributed by atoms with Gasteiger partial charge < -0.3 is 4.90 Å². The minimum atomic E-state index is -0.0817. The van der Waals surface area contributed by atoms with E-state index in [4.69, 9.17) is 0 Å². The van der Waals surface area contributed by atoms with Crippen molar-refractivity contribution in [1.82, 2.24) is 0 Å². The van der Waals surface area contributed by atoms with E-state index >= 15 is 0 Å². The molecule has 0 N–H and O–H groups in total. The van der Waals surface area contributed by atoms with Crippen molar-refractivity contribution in [2.45, 2.75) is 38.5 Å². The fourth-order valence-electron chi connectivity index (χ4n) is 8.78. The quantitative estimate of drug-likeness (QED) is 0.187. The minimum absolute atomic E-state index is 0.0817. The van der Waals surface area contributed by atoms with E-state index in [1.807, 2.05) is 11.3 Å². The Hall–Kier alpha value is -5.18. The van der Waals surface area contributed by atoms with Crippen LogP contribution >= 0.6 is 11.3 Å². The van der Waals surface area contributed by atoms with Crippen LogP contribution in [-0.4, -0.2) is 0 Å². The number of rotatable bonds is 3. The highest BCUT2D eigenvalue weighted by molar-refractivity contribution is 7.26. The fourth-order valence-corrected chi connectivity index (χ4v) is 9.89. The van der Waals surface area contributed by atoms with Crippen molar-refractivity contribution in [2.24, 2.45) is 0 Å². The van der Waals surface area contributed by atoms with E-state index in [9.17, 15) is 0 Å². The first-order valence-electron chi connectivity index (χ1n) is 16.9. The molecule has 2 aliphatic rings. The second-order valence-electron chi connectivity index (χ2n) is 14.6. The van der Waals surface area contributed by atoms with Crippen LogP contribution in [0.2, 0.25) is 0 Å². The van der Waals surface area contributed by atoms with E-state index in [2.05, 4.69) is 172 Å². The molecule has 1 aromatic heterocycles. The zero-order chi connectivity index (χ0) is 32.4. The van der Waals surface area contributed by atoms with Crippen molar-refractivity contribution in [1.29, 1.82) is 0 Å². The van der Waals surface area contributed by atoms with Crippen LogP contribution in [0.4, 0.5) is 17.1 Å². The molecule has 1 heterocycles. The van der Waals surface area contributed by atoms with Crippen LogP contribution in [0, 0.1) is 0 Å². The first-order valence-corrected chi connectivity index (χ1v) is 17.8. The molecule has 0 bridgehead atoms. The topological polar surface area (TPSA) is 3.24 Å². The van der Waals surface area contributed by atoms with Crippen molar-refractivity contribution in [3.63, 3.8) is 0 Å². The van der Waals surface area contributed by atoms with Crippen molar-refractivity contribution < 1.29 is 0 Å². The minimum Gasteiger partial charge on any atom is -0.310 e. The second kappa shape index (κ2) is 9.69. The smallest absolute Gasteiger partial charge is 0.0468 e. The van der Waals surface area contributed by atoms with Gasteiger partial charge in [0.15, 0.2) is 0 Å². The van der Waals surface area contributed by atoms with Gasteiger partial charge in [-0.3, -0.25) is 0 Å². The van der Waals surface area contributed by atoms with Crippen LogP contribution in [0.5, 0.6) is 0 Å². The maximum Gasteiger partial charge on any atom is 0.0468 e. The Bertz CT molecular complexity index is 2530. The van der Waals surface area contributed by atoms with Gasteiger partial charge in [0, 0.05) is 48.1 Å². The third-order valence-corrected chi connectivity index (χ3v) is 12.4. The maximum absolute atomic E-state index is 2.49. The average Bonchev–Trinajstić information content (AvgIpc) is 3.68. The predicted octanol–water partition coefficient (Wildman–Crippen LogP) is 13.3. The molecule has 0 amide bonds. The van der Waals surface area contributed by atoms with Crippen LogP contribution < -0.4 is 4.90 Å². The standard InChI is InChI=1S/C46H35NS/c1-45(2)38-15-9-7-13-33(38)35-21-18-30(26-40(35)45)47(31-19-22-36-34-14-8-10-16-39(34)46(3,4)41(36)27-31)29-20-24-42-37(25-29)44-32-12-6-5-11-28(32)17-23-43(44)48-42/h5-27H,1-4H3. The highest BCUT2D eigenvalue weighted by Crippen LogP contribution is 2.53. The molecule has 2 aliphatic carbocycles. The molecule has 0 unspecified atom stereocenters. The van der Waals surface area contributed by atoms with Gasteiger partial charge in [0.1, 0.15) is 0 Å². The SMILES string of the molecule is CC1(C)c2ccccc2-c2ccc(N(c3ccc4c(c3)C(C)(C)c3ccccc3-4)c3ccc4sc5ccc6ccccc6c5c4c3)cc21. The van der Waals surface area contributed by atoms with E-state index in [-0.39, 0.29) is 10.8 Å². The van der Waals surface area contributed by atoms with Gasteiger partial charge in [-0.15, -0.1) is 11.3 Å². The van der Waals surface area contributed by atoms with Crippen LogP contribution in [0.25, 0.3) is 53.2 Å². The Balaban J connectivity index is 1.22. The Morgan fingerprint density at radius 1 is 0.417 bits per heavy atom. The molecule has 0 spiro atoms. The molecule has 2 heteroatoms. The van der Waals surface area contributed by atoms with Gasteiger partial charge in [-0.05, 0) is 104 Å². The summed E-state index contributed by atoms with van der Waals surface area (Å²) in [4.78, 5) is 2.49. The van der Waals surface area contributed by atoms with Gasteiger partial charge in [-0.1, -0.05) is 119 Å². The number of anilines is 3.